The summed E-state index contributed by atoms with van der Waals surface area (Å²) in [5.41, 5.74) is 0.128. The van der Waals surface area contributed by atoms with Crippen LogP contribution in [0.5, 0.6) is 0 Å². The summed E-state index contributed by atoms with van der Waals surface area (Å²) < 4.78 is 40.4. The van der Waals surface area contributed by atoms with Crippen molar-refractivity contribution in [1.82, 2.24) is 9.55 Å². The highest BCUT2D eigenvalue weighted by Crippen LogP contribution is 2.34. The zero-order chi connectivity index (χ0) is 14.3. The van der Waals surface area contributed by atoms with Crippen LogP contribution in [0.1, 0.15) is 31.9 Å². The van der Waals surface area contributed by atoms with Crippen LogP contribution in [-0.4, -0.2) is 9.55 Å². The van der Waals surface area contributed by atoms with Crippen molar-refractivity contribution in [2.24, 2.45) is 0 Å². The molecule has 1 aromatic carbocycles. The molecule has 0 bridgehead atoms. The minimum absolute atomic E-state index is 0.351. The van der Waals surface area contributed by atoms with Crippen LogP contribution in [0.25, 0.3) is 5.69 Å². The summed E-state index contributed by atoms with van der Waals surface area (Å²) in [7, 11) is 0. The molecule has 0 aliphatic carbocycles. The molecular weight excluding hydrogens is 253 g/mol. The average Bonchev–Trinajstić information content (AvgIpc) is 2.79. The van der Waals surface area contributed by atoms with E-state index in [2.05, 4.69) is 4.98 Å². The molecule has 2 aromatic rings. The van der Waals surface area contributed by atoms with Gasteiger partial charge in [0.05, 0.1) is 11.9 Å². The molecule has 19 heavy (non-hydrogen) atoms. The first-order valence-electron chi connectivity index (χ1n) is 5.89. The largest absolute Gasteiger partial charge is 0.416 e. The third-order valence-electron chi connectivity index (χ3n) is 2.91. The molecular formula is C14H15F3N2. The van der Waals surface area contributed by atoms with E-state index in [-0.39, 0.29) is 5.41 Å². The van der Waals surface area contributed by atoms with Crippen LogP contribution in [0.15, 0.2) is 36.9 Å². The Balaban J connectivity index is 2.62. The Bertz CT molecular complexity index is 531. The molecule has 1 heterocycles. The van der Waals surface area contributed by atoms with E-state index in [1.165, 1.54) is 18.6 Å². The van der Waals surface area contributed by atoms with E-state index in [1.54, 1.807) is 16.8 Å². The van der Waals surface area contributed by atoms with Gasteiger partial charge >= 0.3 is 6.18 Å². The zero-order valence-electron chi connectivity index (χ0n) is 11.0. The normalized spacial score (nSPS) is 12.7. The fourth-order valence-electron chi connectivity index (χ4n) is 1.77. The Morgan fingerprint density at radius 1 is 1.00 bits per heavy atom. The quantitative estimate of drug-likeness (QED) is 0.758. The highest BCUT2D eigenvalue weighted by Gasteiger charge is 2.32. The molecule has 0 amide bonds. The molecule has 2 nitrogen and oxygen atoms in total. The van der Waals surface area contributed by atoms with Gasteiger partial charge < -0.3 is 4.57 Å². The number of aromatic nitrogens is 2. The van der Waals surface area contributed by atoms with Gasteiger partial charge in [-0.3, -0.25) is 0 Å². The number of hydrogen-bond donors (Lipinski definition) is 0. The zero-order valence-corrected chi connectivity index (χ0v) is 11.0. The van der Waals surface area contributed by atoms with Gasteiger partial charge in [-0.25, -0.2) is 4.98 Å². The maximum absolute atomic E-state index is 13.0. The standard InChI is InChI=1S/C14H15F3N2/c1-13(2,3)10-6-11(14(15,16)17)8-12(7-10)19-5-4-18-9-19/h4-9H,1-3H3. The van der Waals surface area contributed by atoms with Crippen molar-refractivity contribution in [2.75, 3.05) is 0 Å². The van der Waals surface area contributed by atoms with Crippen LogP contribution in [0.4, 0.5) is 13.2 Å². The second-order valence-corrected chi connectivity index (χ2v) is 5.49. The van der Waals surface area contributed by atoms with Crippen LogP contribution in [0.3, 0.4) is 0 Å². The summed E-state index contributed by atoms with van der Waals surface area (Å²) in [5.74, 6) is 0. The van der Waals surface area contributed by atoms with E-state index in [9.17, 15) is 13.2 Å². The molecule has 0 fully saturated rings. The summed E-state index contributed by atoms with van der Waals surface area (Å²) in [6, 6.07) is 4.11. The van der Waals surface area contributed by atoms with Gasteiger partial charge in [0.25, 0.3) is 0 Å². The van der Waals surface area contributed by atoms with Crippen molar-refractivity contribution >= 4 is 0 Å². The topological polar surface area (TPSA) is 17.8 Å². The lowest BCUT2D eigenvalue weighted by Crippen LogP contribution is -2.15. The van der Waals surface area contributed by atoms with Gasteiger partial charge in [0, 0.05) is 18.1 Å². The van der Waals surface area contributed by atoms with Gasteiger partial charge in [-0.1, -0.05) is 20.8 Å². The van der Waals surface area contributed by atoms with Crippen molar-refractivity contribution < 1.29 is 13.2 Å². The molecule has 0 aliphatic rings. The molecule has 0 N–H and O–H groups in total. The minimum atomic E-state index is -4.35. The number of benzene rings is 1. The molecule has 0 radical (unpaired) electrons. The van der Waals surface area contributed by atoms with Gasteiger partial charge in [-0.2, -0.15) is 13.2 Å². The predicted molar refractivity (Wildman–Crippen MR) is 67.3 cm³/mol. The van der Waals surface area contributed by atoms with Crippen LogP contribution in [-0.2, 0) is 11.6 Å². The molecule has 1 aromatic heterocycles. The highest BCUT2D eigenvalue weighted by molar-refractivity contribution is 5.43. The van der Waals surface area contributed by atoms with Gasteiger partial charge in [-0.05, 0) is 29.2 Å². The SMILES string of the molecule is CC(C)(C)c1cc(-n2ccnc2)cc(C(F)(F)F)c1. The Morgan fingerprint density at radius 2 is 1.63 bits per heavy atom. The van der Waals surface area contributed by atoms with E-state index < -0.39 is 11.7 Å². The van der Waals surface area contributed by atoms with E-state index in [0.717, 1.165) is 6.07 Å². The fraction of sp³-hybridized carbons (Fsp3) is 0.357. The average molecular weight is 268 g/mol. The molecule has 0 spiro atoms. The predicted octanol–water partition coefficient (Wildman–Crippen LogP) is 4.19. The van der Waals surface area contributed by atoms with Gasteiger partial charge in [0.15, 0.2) is 0 Å². The summed E-state index contributed by atoms with van der Waals surface area (Å²) in [5, 5.41) is 0. The molecule has 2 rings (SSSR count). The number of imidazole rings is 1. The van der Waals surface area contributed by atoms with E-state index in [1.807, 2.05) is 20.8 Å². The van der Waals surface area contributed by atoms with Crippen molar-refractivity contribution in [3.63, 3.8) is 0 Å². The molecule has 0 aliphatic heterocycles. The third kappa shape index (κ3) is 2.97. The van der Waals surface area contributed by atoms with Crippen molar-refractivity contribution in [2.45, 2.75) is 32.4 Å². The van der Waals surface area contributed by atoms with Crippen LogP contribution >= 0.6 is 0 Å². The summed E-state index contributed by atoms with van der Waals surface area (Å²) >= 11 is 0. The Kier molecular flexibility index (Phi) is 3.16. The van der Waals surface area contributed by atoms with E-state index in [4.69, 9.17) is 0 Å². The van der Waals surface area contributed by atoms with E-state index >= 15 is 0 Å². The minimum Gasteiger partial charge on any atom is -0.306 e. The van der Waals surface area contributed by atoms with Crippen LogP contribution in [0, 0.1) is 0 Å². The van der Waals surface area contributed by atoms with Crippen molar-refractivity contribution in [1.29, 1.82) is 0 Å². The van der Waals surface area contributed by atoms with Gasteiger partial charge in [0.1, 0.15) is 0 Å². The smallest absolute Gasteiger partial charge is 0.306 e. The maximum atomic E-state index is 13.0. The van der Waals surface area contributed by atoms with Crippen molar-refractivity contribution in [3.8, 4) is 5.69 Å². The Morgan fingerprint density at radius 3 is 2.11 bits per heavy atom. The van der Waals surface area contributed by atoms with Crippen molar-refractivity contribution in [3.05, 3.63) is 48.0 Å². The number of nitrogens with zero attached hydrogens (tertiary/aromatic N) is 2. The monoisotopic (exact) mass is 268 g/mol. The summed E-state index contributed by atoms with van der Waals surface area (Å²) in [6.45, 7) is 5.67. The lowest BCUT2D eigenvalue weighted by Gasteiger charge is -2.22. The molecule has 0 saturated heterocycles. The summed E-state index contributed by atoms with van der Waals surface area (Å²) in [6.07, 6.45) is 0.303. The number of alkyl halides is 3. The Hall–Kier alpha value is -1.78. The molecule has 102 valence electrons. The molecule has 0 unspecified atom stereocenters. The van der Waals surface area contributed by atoms with Crippen LogP contribution < -0.4 is 0 Å². The number of rotatable bonds is 1. The van der Waals surface area contributed by atoms with Gasteiger partial charge in [0.2, 0.25) is 0 Å². The first-order valence-corrected chi connectivity index (χ1v) is 5.89. The number of hydrogen-bond acceptors (Lipinski definition) is 1. The highest BCUT2D eigenvalue weighted by atomic mass is 19.4. The van der Waals surface area contributed by atoms with Crippen LogP contribution in [0.2, 0.25) is 0 Å². The fourth-order valence-corrected chi connectivity index (χ4v) is 1.77. The first kappa shape index (κ1) is 13.6. The Labute approximate surface area is 109 Å². The second kappa shape index (κ2) is 4.40. The maximum Gasteiger partial charge on any atom is 0.416 e. The van der Waals surface area contributed by atoms with Gasteiger partial charge in [-0.15, -0.1) is 0 Å². The molecule has 0 saturated carbocycles. The summed E-state index contributed by atoms with van der Waals surface area (Å²) in [4.78, 5) is 3.86. The lowest BCUT2D eigenvalue weighted by atomic mass is 9.85. The second-order valence-electron chi connectivity index (χ2n) is 5.49. The molecule has 5 heteroatoms. The lowest BCUT2D eigenvalue weighted by molar-refractivity contribution is -0.137. The van der Waals surface area contributed by atoms with E-state index in [0.29, 0.717) is 11.3 Å². The first-order chi connectivity index (χ1) is 8.68. The third-order valence-corrected chi connectivity index (χ3v) is 2.91. The number of halogens is 3. The molecule has 0 atom stereocenters.